The van der Waals surface area contributed by atoms with Gasteiger partial charge in [0, 0.05) is 23.2 Å². The molecular formula is C44H40N6O3. The van der Waals surface area contributed by atoms with E-state index in [-0.39, 0.29) is 18.6 Å². The fourth-order valence-corrected chi connectivity index (χ4v) is 7.14. The van der Waals surface area contributed by atoms with Crippen molar-refractivity contribution in [3.63, 3.8) is 0 Å². The molecule has 0 radical (unpaired) electrons. The molecule has 2 aromatic heterocycles. The van der Waals surface area contributed by atoms with Crippen LogP contribution in [0.4, 0.5) is 0 Å². The van der Waals surface area contributed by atoms with E-state index >= 15 is 0 Å². The van der Waals surface area contributed by atoms with Crippen LogP contribution in [0.5, 0.6) is 0 Å². The van der Waals surface area contributed by atoms with E-state index < -0.39 is 11.5 Å². The molecule has 7 rings (SSSR count). The van der Waals surface area contributed by atoms with E-state index in [0.717, 1.165) is 38.9 Å². The maximum atomic E-state index is 13.7. The third-order valence-electron chi connectivity index (χ3n) is 9.63. The second-order valence-corrected chi connectivity index (χ2v) is 12.8. The predicted octanol–water partition coefficient (Wildman–Crippen LogP) is 7.43. The Morgan fingerprint density at radius 2 is 1.26 bits per heavy atom. The van der Waals surface area contributed by atoms with Crippen LogP contribution in [-0.4, -0.2) is 42.3 Å². The lowest BCUT2D eigenvalue weighted by atomic mass is 9.77. The van der Waals surface area contributed by atoms with Crippen LogP contribution in [0.3, 0.4) is 0 Å². The number of hydrogen-bond donors (Lipinski definition) is 0. The Labute approximate surface area is 308 Å². The predicted molar refractivity (Wildman–Crippen MR) is 205 cm³/mol. The smallest absolute Gasteiger partial charge is 0.310 e. The molecule has 9 heteroatoms. The number of tetrazole rings is 1. The lowest BCUT2D eigenvalue weighted by Gasteiger charge is -2.36. The third kappa shape index (κ3) is 6.69. The zero-order valence-corrected chi connectivity index (χ0v) is 30.0. The zero-order chi connectivity index (χ0) is 36.8. The highest BCUT2D eigenvalue weighted by Gasteiger charge is 2.42. The van der Waals surface area contributed by atoms with Crippen LogP contribution in [0.15, 0.2) is 144 Å². The van der Waals surface area contributed by atoms with Crippen molar-refractivity contribution in [1.29, 1.82) is 0 Å². The second kappa shape index (κ2) is 15.4. The van der Waals surface area contributed by atoms with E-state index in [1.807, 2.05) is 96.5 Å². The zero-order valence-electron chi connectivity index (χ0n) is 30.0. The molecule has 7 aromatic rings. The van der Waals surface area contributed by atoms with E-state index in [1.54, 1.807) is 18.4 Å². The van der Waals surface area contributed by atoms with Gasteiger partial charge in [0.1, 0.15) is 11.4 Å². The van der Waals surface area contributed by atoms with Crippen molar-refractivity contribution < 1.29 is 9.53 Å². The monoisotopic (exact) mass is 700 g/mol. The van der Waals surface area contributed by atoms with Crippen LogP contribution >= 0.6 is 0 Å². The fraction of sp³-hybridized carbons (Fsp3) is 0.182. The van der Waals surface area contributed by atoms with Gasteiger partial charge in [-0.25, -0.2) is 9.67 Å². The summed E-state index contributed by atoms with van der Waals surface area (Å²) in [5.41, 5.74) is 6.59. The summed E-state index contributed by atoms with van der Waals surface area (Å²) in [6.45, 7) is 6.06. The summed E-state index contributed by atoms with van der Waals surface area (Å²) in [7, 11) is 0. The highest BCUT2D eigenvalue weighted by Crippen LogP contribution is 2.43. The Morgan fingerprint density at radius 3 is 1.81 bits per heavy atom. The van der Waals surface area contributed by atoms with Gasteiger partial charge in [-0.1, -0.05) is 146 Å². The first-order valence-electron chi connectivity index (χ1n) is 17.8. The number of carbonyl (C=O) groups is 1. The van der Waals surface area contributed by atoms with E-state index in [4.69, 9.17) is 14.9 Å². The molecule has 0 bridgehead atoms. The number of aryl methyl sites for hydroxylation is 2. The number of esters is 1. The second-order valence-electron chi connectivity index (χ2n) is 12.8. The number of rotatable bonds is 12. The molecule has 0 aliphatic heterocycles. The van der Waals surface area contributed by atoms with Gasteiger partial charge < -0.3 is 4.74 Å². The topological polar surface area (TPSA) is 105 Å². The van der Waals surface area contributed by atoms with Crippen LogP contribution in [0.25, 0.3) is 22.5 Å². The Morgan fingerprint density at radius 1 is 0.717 bits per heavy atom. The summed E-state index contributed by atoms with van der Waals surface area (Å²) in [5.74, 6) is 0.841. The molecule has 0 saturated carbocycles. The van der Waals surface area contributed by atoms with Crippen molar-refractivity contribution in [3.8, 4) is 22.5 Å². The molecule has 0 unspecified atom stereocenters. The highest BCUT2D eigenvalue weighted by molar-refractivity contribution is 5.81. The van der Waals surface area contributed by atoms with Crippen LogP contribution in [0.1, 0.15) is 53.2 Å². The van der Waals surface area contributed by atoms with Crippen LogP contribution in [0.2, 0.25) is 0 Å². The van der Waals surface area contributed by atoms with E-state index in [0.29, 0.717) is 35.9 Å². The molecule has 0 N–H and O–H groups in total. The minimum Gasteiger partial charge on any atom is -0.466 e. The summed E-state index contributed by atoms with van der Waals surface area (Å²) in [6.07, 6.45) is 0.469. The van der Waals surface area contributed by atoms with Gasteiger partial charge in [-0.3, -0.25) is 14.2 Å². The summed E-state index contributed by atoms with van der Waals surface area (Å²) in [6, 6.07) is 47.3. The van der Waals surface area contributed by atoms with E-state index in [2.05, 4.69) is 64.9 Å². The average Bonchev–Trinajstić information content (AvgIpc) is 3.69. The SMILES string of the molecule is CCOC(=O)Cc1c(C)nc(CC)n(Cc2ccc(-c3ccccc3-c3nnnn3C(c3ccccc3)(c3ccccc3)c3ccccc3)cc2)c1=O. The van der Waals surface area contributed by atoms with Gasteiger partial charge in [-0.2, -0.15) is 0 Å². The van der Waals surface area contributed by atoms with Crippen molar-refractivity contribution in [2.45, 2.75) is 45.7 Å². The Kier molecular flexibility index (Phi) is 10.2. The standard InChI is InChI=1S/C44H40N6O3/c1-4-40-45-31(3)39(29-41(51)53-5-2)43(52)49(40)30-32-25-27-33(28-26-32)37-23-15-16-24-38(37)42-46-47-48-50(42)44(34-17-9-6-10-18-34,35-19-11-7-12-20-35)36-21-13-8-14-22-36/h6-28H,4-5,29-30H2,1-3H3. The summed E-state index contributed by atoms with van der Waals surface area (Å²) < 4.78 is 8.73. The molecule has 53 heavy (non-hydrogen) atoms. The first-order valence-corrected chi connectivity index (χ1v) is 17.8. The molecule has 264 valence electrons. The molecule has 9 nitrogen and oxygen atoms in total. The molecule has 5 aromatic carbocycles. The Balaban J connectivity index is 1.31. The molecule has 0 atom stereocenters. The fourth-order valence-electron chi connectivity index (χ4n) is 7.14. The minimum atomic E-state index is -0.891. The van der Waals surface area contributed by atoms with Gasteiger partial charge in [0.15, 0.2) is 5.82 Å². The Hall–Kier alpha value is -6.48. The van der Waals surface area contributed by atoms with Gasteiger partial charge in [-0.15, -0.1) is 5.10 Å². The molecule has 0 aliphatic rings. The molecule has 0 saturated heterocycles. The van der Waals surface area contributed by atoms with Crippen LogP contribution in [-0.2, 0) is 34.5 Å². The largest absolute Gasteiger partial charge is 0.466 e. The van der Waals surface area contributed by atoms with E-state index in [9.17, 15) is 9.59 Å². The van der Waals surface area contributed by atoms with Gasteiger partial charge in [0.05, 0.1) is 19.6 Å². The minimum absolute atomic E-state index is 0.106. The van der Waals surface area contributed by atoms with Crippen molar-refractivity contribution in [3.05, 3.63) is 189 Å². The number of aromatic nitrogens is 6. The molecular weight excluding hydrogens is 661 g/mol. The molecule has 2 heterocycles. The quantitative estimate of drug-likeness (QED) is 0.0965. The first-order chi connectivity index (χ1) is 25.9. The number of benzene rings is 5. The molecule has 0 fully saturated rings. The van der Waals surface area contributed by atoms with Crippen molar-refractivity contribution in [2.24, 2.45) is 0 Å². The number of ether oxygens (including phenoxy) is 1. The third-order valence-corrected chi connectivity index (χ3v) is 9.63. The van der Waals surface area contributed by atoms with Crippen molar-refractivity contribution in [2.75, 3.05) is 6.61 Å². The summed E-state index contributed by atoms with van der Waals surface area (Å²) in [4.78, 5) is 30.7. The number of carbonyl (C=O) groups excluding carboxylic acids is 1. The number of hydrogen-bond acceptors (Lipinski definition) is 7. The van der Waals surface area contributed by atoms with Gasteiger partial charge in [0.25, 0.3) is 5.56 Å². The Bertz CT molecular complexity index is 2290. The maximum Gasteiger partial charge on any atom is 0.310 e. The van der Waals surface area contributed by atoms with Crippen LogP contribution in [0, 0.1) is 6.92 Å². The molecule has 0 amide bonds. The van der Waals surface area contributed by atoms with Crippen LogP contribution < -0.4 is 5.56 Å². The first kappa shape index (κ1) is 34.9. The maximum absolute atomic E-state index is 13.7. The summed E-state index contributed by atoms with van der Waals surface area (Å²) in [5, 5.41) is 13.7. The lowest BCUT2D eigenvalue weighted by molar-refractivity contribution is -0.142. The number of nitrogens with zero attached hydrogens (tertiary/aromatic N) is 6. The van der Waals surface area contributed by atoms with Crippen molar-refractivity contribution in [1.82, 2.24) is 29.8 Å². The lowest BCUT2D eigenvalue weighted by Crippen LogP contribution is -2.39. The van der Waals surface area contributed by atoms with Gasteiger partial charge >= 0.3 is 5.97 Å². The average molecular weight is 701 g/mol. The molecule has 0 spiro atoms. The highest BCUT2D eigenvalue weighted by atomic mass is 16.5. The summed E-state index contributed by atoms with van der Waals surface area (Å²) >= 11 is 0. The van der Waals surface area contributed by atoms with Gasteiger partial charge in [-0.05, 0) is 57.7 Å². The normalized spacial score (nSPS) is 11.4. The molecule has 0 aliphatic carbocycles. The van der Waals surface area contributed by atoms with E-state index in [1.165, 1.54) is 0 Å². The van der Waals surface area contributed by atoms with Crippen molar-refractivity contribution >= 4 is 5.97 Å². The van der Waals surface area contributed by atoms with Gasteiger partial charge in [0.2, 0.25) is 0 Å².